The molecule has 3 aromatic rings. The summed E-state index contributed by atoms with van der Waals surface area (Å²) >= 11 is 0. The van der Waals surface area contributed by atoms with Crippen LogP contribution in [-0.4, -0.2) is 46.3 Å². The van der Waals surface area contributed by atoms with E-state index in [-0.39, 0.29) is 30.9 Å². The second kappa shape index (κ2) is 10.9. The lowest BCUT2D eigenvalue weighted by molar-refractivity contribution is -0.0706. The summed E-state index contributed by atoms with van der Waals surface area (Å²) in [5, 5.41) is 25.2. The van der Waals surface area contributed by atoms with Crippen molar-refractivity contribution in [2.75, 3.05) is 30.3 Å². The fourth-order valence-corrected chi connectivity index (χ4v) is 3.68. The Balaban J connectivity index is 0.00000176. The fourth-order valence-electron chi connectivity index (χ4n) is 3.68. The maximum absolute atomic E-state index is 14.6. The van der Waals surface area contributed by atoms with E-state index in [1.807, 2.05) is 13.8 Å². The highest BCUT2D eigenvalue weighted by molar-refractivity contribution is 6.01. The van der Waals surface area contributed by atoms with E-state index in [4.69, 9.17) is 0 Å². The Morgan fingerprint density at radius 2 is 1.67 bits per heavy atom. The molecule has 3 aromatic carbocycles. The molecule has 0 aromatic heterocycles. The first-order valence-corrected chi connectivity index (χ1v) is 11.3. The number of aryl methyl sites for hydroxylation is 1. The SMILES string of the molecule is CC.Cc1ccc(Nc2c(C(=O)N3CC(O)(CNc4ccc(O)c(F)c4)C3)ccc(F)c2F)c(F)c1. The number of likely N-dealkylation sites (tertiary alicyclic amines) is 1. The molecule has 1 amide bonds. The molecular weight excluding hydrogens is 478 g/mol. The van der Waals surface area contributed by atoms with Crippen molar-refractivity contribution in [2.45, 2.75) is 26.4 Å². The average molecular weight is 506 g/mol. The molecule has 1 saturated heterocycles. The summed E-state index contributed by atoms with van der Waals surface area (Å²) < 4.78 is 56.2. The molecule has 192 valence electrons. The van der Waals surface area contributed by atoms with Crippen molar-refractivity contribution in [3.8, 4) is 5.75 Å². The second-order valence-corrected chi connectivity index (χ2v) is 8.30. The largest absolute Gasteiger partial charge is 0.505 e. The molecule has 0 saturated carbocycles. The number of nitrogens with zero attached hydrogens (tertiary/aromatic N) is 1. The number of nitrogens with one attached hydrogen (secondary N) is 2. The molecule has 4 rings (SSSR count). The maximum Gasteiger partial charge on any atom is 0.256 e. The molecule has 6 nitrogen and oxygen atoms in total. The molecule has 0 spiro atoms. The van der Waals surface area contributed by atoms with E-state index in [1.165, 1.54) is 23.1 Å². The van der Waals surface area contributed by atoms with Crippen LogP contribution in [0.5, 0.6) is 5.75 Å². The van der Waals surface area contributed by atoms with Gasteiger partial charge in [0.2, 0.25) is 0 Å². The third-order valence-electron chi connectivity index (χ3n) is 5.54. The Bertz CT molecular complexity index is 1260. The molecule has 0 unspecified atom stereocenters. The predicted octanol–water partition coefficient (Wildman–Crippen LogP) is 5.33. The van der Waals surface area contributed by atoms with E-state index >= 15 is 0 Å². The van der Waals surface area contributed by atoms with E-state index in [2.05, 4.69) is 10.6 Å². The molecule has 0 atom stereocenters. The number of carbonyl (C=O) groups is 1. The van der Waals surface area contributed by atoms with Crippen LogP contribution in [0.4, 0.5) is 34.6 Å². The average Bonchev–Trinajstić information content (AvgIpc) is 2.83. The number of rotatable bonds is 6. The van der Waals surface area contributed by atoms with Gasteiger partial charge < -0.3 is 25.7 Å². The van der Waals surface area contributed by atoms with E-state index in [1.54, 1.807) is 13.0 Å². The van der Waals surface area contributed by atoms with Crippen LogP contribution in [0.3, 0.4) is 0 Å². The minimum Gasteiger partial charge on any atom is -0.505 e. The van der Waals surface area contributed by atoms with Crippen LogP contribution >= 0.6 is 0 Å². The van der Waals surface area contributed by atoms with Gasteiger partial charge in [0.05, 0.1) is 30.0 Å². The first kappa shape index (κ1) is 26.8. The summed E-state index contributed by atoms with van der Waals surface area (Å²) in [6.07, 6.45) is 0. The molecule has 4 N–H and O–H groups in total. The number of hydrogen-bond acceptors (Lipinski definition) is 5. The first-order chi connectivity index (χ1) is 17.1. The first-order valence-electron chi connectivity index (χ1n) is 11.3. The minimum atomic E-state index is -1.35. The lowest BCUT2D eigenvalue weighted by atomic mass is 9.92. The van der Waals surface area contributed by atoms with Crippen LogP contribution in [-0.2, 0) is 0 Å². The van der Waals surface area contributed by atoms with Crippen molar-refractivity contribution in [3.05, 3.63) is 82.9 Å². The molecule has 0 aliphatic carbocycles. The van der Waals surface area contributed by atoms with Crippen LogP contribution in [0, 0.1) is 30.2 Å². The third-order valence-corrected chi connectivity index (χ3v) is 5.54. The van der Waals surface area contributed by atoms with E-state index in [0.717, 1.165) is 24.3 Å². The van der Waals surface area contributed by atoms with Crippen LogP contribution in [0.25, 0.3) is 0 Å². The number of aromatic hydroxyl groups is 1. The third kappa shape index (κ3) is 5.71. The van der Waals surface area contributed by atoms with Gasteiger partial charge >= 0.3 is 0 Å². The van der Waals surface area contributed by atoms with Crippen molar-refractivity contribution in [1.29, 1.82) is 0 Å². The molecule has 1 aliphatic rings. The van der Waals surface area contributed by atoms with Crippen LogP contribution in [0.1, 0.15) is 29.8 Å². The normalized spacial score (nSPS) is 13.8. The Hall–Kier alpha value is -3.79. The smallest absolute Gasteiger partial charge is 0.256 e. The van der Waals surface area contributed by atoms with Crippen LogP contribution in [0.15, 0.2) is 48.5 Å². The molecule has 0 bridgehead atoms. The van der Waals surface area contributed by atoms with Crippen LogP contribution in [0.2, 0.25) is 0 Å². The lowest BCUT2D eigenvalue weighted by Crippen LogP contribution is -2.66. The van der Waals surface area contributed by atoms with Gasteiger partial charge in [0.15, 0.2) is 23.2 Å². The second-order valence-electron chi connectivity index (χ2n) is 8.30. The molecule has 1 fully saturated rings. The Kier molecular flexibility index (Phi) is 8.09. The van der Waals surface area contributed by atoms with E-state index < -0.39 is 46.2 Å². The zero-order valence-electron chi connectivity index (χ0n) is 20.0. The molecule has 1 heterocycles. The summed E-state index contributed by atoms with van der Waals surface area (Å²) in [4.78, 5) is 14.2. The van der Waals surface area contributed by atoms with Gasteiger partial charge in [-0.05, 0) is 48.9 Å². The molecule has 36 heavy (non-hydrogen) atoms. The number of β-amino-alcohol motifs (C(OH)–C–C–N with tert-alkyl or cyclic N) is 1. The van der Waals surface area contributed by atoms with Gasteiger partial charge in [-0.2, -0.15) is 0 Å². The number of halogens is 4. The number of anilines is 3. The number of benzene rings is 3. The van der Waals surface area contributed by atoms with Gasteiger partial charge in [0.1, 0.15) is 11.4 Å². The standard InChI is InChI=1S/C24H21F4N3O3.C2H6/c1-13-2-6-19(17(26)8-13)30-22-15(4-5-16(25)21(22)28)23(33)31-11-24(34,12-31)10-29-14-3-7-20(32)18(27)9-14;1-2/h2-9,29-30,32,34H,10-12H2,1H3;1-2H3. The van der Waals surface area contributed by atoms with Crippen molar-refractivity contribution < 1.29 is 32.6 Å². The van der Waals surface area contributed by atoms with Crippen molar-refractivity contribution in [3.63, 3.8) is 0 Å². The Labute approximate surface area is 206 Å². The Morgan fingerprint density at radius 1 is 0.972 bits per heavy atom. The predicted molar refractivity (Wildman–Crippen MR) is 130 cm³/mol. The number of phenolic OH excluding ortho intramolecular Hbond substituents is 1. The summed E-state index contributed by atoms with van der Waals surface area (Å²) in [6, 6.07) is 9.67. The van der Waals surface area contributed by atoms with Gasteiger partial charge in [-0.25, -0.2) is 17.6 Å². The van der Waals surface area contributed by atoms with Gasteiger partial charge in [-0.1, -0.05) is 19.9 Å². The highest BCUT2D eigenvalue weighted by Crippen LogP contribution is 2.32. The highest BCUT2D eigenvalue weighted by Gasteiger charge is 2.44. The quantitative estimate of drug-likeness (QED) is 0.269. The molecule has 10 heteroatoms. The number of hydrogen-bond donors (Lipinski definition) is 4. The summed E-state index contributed by atoms with van der Waals surface area (Å²) in [7, 11) is 0. The van der Waals surface area contributed by atoms with Crippen molar-refractivity contribution in [2.24, 2.45) is 0 Å². The monoisotopic (exact) mass is 505 g/mol. The maximum atomic E-state index is 14.6. The molecule has 0 radical (unpaired) electrons. The van der Waals surface area contributed by atoms with Gasteiger partial charge in [0.25, 0.3) is 5.91 Å². The van der Waals surface area contributed by atoms with E-state index in [9.17, 15) is 32.6 Å². The van der Waals surface area contributed by atoms with Gasteiger partial charge in [0, 0.05) is 18.3 Å². The molecular formula is C26H27F4N3O3. The number of amides is 1. The summed E-state index contributed by atoms with van der Waals surface area (Å²) in [5.41, 5.74) is -1.27. The summed E-state index contributed by atoms with van der Waals surface area (Å²) in [6.45, 7) is 5.38. The minimum absolute atomic E-state index is 0.0293. The number of aliphatic hydroxyl groups is 1. The Morgan fingerprint density at radius 3 is 2.31 bits per heavy atom. The van der Waals surface area contributed by atoms with Crippen LogP contribution < -0.4 is 10.6 Å². The molecule has 1 aliphatic heterocycles. The fraction of sp³-hybridized carbons (Fsp3) is 0.269. The van der Waals surface area contributed by atoms with E-state index in [0.29, 0.717) is 11.3 Å². The van der Waals surface area contributed by atoms with Gasteiger partial charge in [-0.3, -0.25) is 4.79 Å². The topological polar surface area (TPSA) is 84.8 Å². The number of carbonyl (C=O) groups excluding carboxylic acids is 1. The highest BCUT2D eigenvalue weighted by atomic mass is 19.2. The summed E-state index contributed by atoms with van der Waals surface area (Å²) in [5.74, 6) is -5.27. The van der Waals surface area contributed by atoms with Crippen molar-refractivity contribution in [1.82, 2.24) is 4.90 Å². The zero-order valence-corrected chi connectivity index (χ0v) is 20.0. The van der Waals surface area contributed by atoms with Gasteiger partial charge in [-0.15, -0.1) is 0 Å². The number of phenols is 1. The lowest BCUT2D eigenvalue weighted by Gasteiger charge is -2.46. The zero-order chi connectivity index (χ0) is 26.6. The van der Waals surface area contributed by atoms with Crippen molar-refractivity contribution >= 4 is 23.0 Å².